The van der Waals surface area contributed by atoms with Crippen LogP contribution in [0.1, 0.15) is 18.4 Å². The van der Waals surface area contributed by atoms with E-state index in [2.05, 4.69) is 25.6 Å². The number of nitrogens with zero attached hydrogens (tertiary/aromatic N) is 4. The summed E-state index contributed by atoms with van der Waals surface area (Å²) in [6.45, 7) is 0. The van der Waals surface area contributed by atoms with Crippen molar-refractivity contribution < 1.29 is 31.9 Å². The molecule has 2 heterocycles. The van der Waals surface area contributed by atoms with Crippen LogP contribution in [0.4, 0.5) is 39.5 Å². The van der Waals surface area contributed by atoms with Crippen molar-refractivity contribution in [3.63, 3.8) is 0 Å². The third-order valence-corrected chi connectivity index (χ3v) is 5.21. The summed E-state index contributed by atoms with van der Waals surface area (Å²) in [7, 11) is 1.45. The molecule has 0 bridgehead atoms. The third-order valence-electron chi connectivity index (χ3n) is 5.21. The number of carbonyl (C=O) groups excluding carboxylic acids is 2. The Hall–Kier alpha value is -4.29. The lowest BCUT2D eigenvalue weighted by molar-refractivity contribution is -0.137. The molecule has 2 N–H and O–H groups in total. The number of benzene rings is 1. The molecule has 0 spiro atoms. The molecule has 13 heteroatoms. The van der Waals surface area contributed by atoms with E-state index in [0.717, 1.165) is 12.1 Å². The molecule has 35 heavy (non-hydrogen) atoms. The number of aromatic nitrogens is 3. The Kier molecular flexibility index (Phi) is 6.24. The number of halogens is 4. The maximum atomic E-state index is 13.5. The number of nitrogens with one attached hydrogen (secondary N) is 2. The number of rotatable bonds is 6. The minimum atomic E-state index is -4.68. The Morgan fingerprint density at radius 1 is 1.09 bits per heavy atom. The maximum absolute atomic E-state index is 13.5. The van der Waals surface area contributed by atoms with Crippen LogP contribution >= 0.6 is 0 Å². The minimum Gasteiger partial charge on any atom is -0.407 e. The van der Waals surface area contributed by atoms with Crippen LogP contribution in [0.5, 0.6) is 5.75 Å². The van der Waals surface area contributed by atoms with Crippen LogP contribution in [0.25, 0.3) is 0 Å². The molecule has 2 aromatic heterocycles. The first-order valence-electron chi connectivity index (χ1n) is 10.2. The van der Waals surface area contributed by atoms with Crippen molar-refractivity contribution >= 4 is 29.2 Å². The first-order chi connectivity index (χ1) is 16.6. The fraction of sp³-hybridized carbons (Fsp3) is 0.227. The van der Waals surface area contributed by atoms with Crippen molar-refractivity contribution in [2.45, 2.75) is 24.6 Å². The van der Waals surface area contributed by atoms with Gasteiger partial charge in [0.25, 0.3) is 5.91 Å². The van der Waals surface area contributed by atoms with E-state index in [4.69, 9.17) is 4.74 Å². The van der Waals surface area contributed by atoms with E-state index in [0.29, 0.717) is 18.9 Å². The molecule has 4 rings (SSSR count). The molecule has 3 aromatic rings. The molecular formula is C22H18F4N6O3. The molecule has 1 fully saturated rings. The molecule has 0 radical (unpaired) electrons. The lowest BCUT2D eigenvalue weighted by Gasteiger charge is -2.23. The zero-order valence-corrected chi connectivity index (χ0v) is 18.1. The zero-order chi connectivity index (χ0) is 25.2. The van der Waals surface area contributed by atoms with Crippen LogP contribution in [0.3, 0.4) is 0 Å². The highest BCUT2D eigenvalue weighted by Gasteiger charge is 2.53. The maximum Gasteiger partial charge on any atom is 0.418 e. The first kappa shape index (κ1) is 23.9. The molecule has 0 saturated heterocycles. The third kappa shape index (κ3) is 5.45. The lowest BCUT2D eigenvalue weighted by Crippen LogP contribution is -2.50. The summed E-state index contributed by atoms with van der Waals surface area (Å²) >= 11 is 0. The molecule has 2 amide bonds. The number of ether oxygens (including phenoxy) is 1. The summed E-state index contributed by atoms with van der Waals surface area (Å²) in [5, 5.41) is 5.04. The topological polar surface area (TPSA) is 109 Å². The number of amides is 2. The Labute approximate surface area is 196 Å². The molecule has 1 saturated carbocycles. The van der Waals surface area contributed by atoms with Crippen LogP contribution < -0.4 is 20.3 Å². The Bertz CT molecular complexity index is 1230. The highest BCUT2D eigenvalue weighted by atomic mass is 19.4. The first-order valence-corrected chi connectivity index (χ1v) is 10.2. The van der Waals surface area contributed by atoms with Crippen LogP contribution in [0.2, 0.25) is 0 Å². The van der Waals surface area contributed by atoms with Gasteiger partial charge in [0.1, 0.15) is 23.5 Å². The Morgan fingerprint density at radius 3 is 2.40 bits per heavy atom. The fourth-order valence-corrected chi connectivity index (χ4v) is 3.29. The van der Waals surface area contributed by atoms with Gasteiger partial charge in [0.2, 0.25) is 0 Å². The van der Waals surface area contributed by atoms with Gasteiger partial charge in [-0.05, 0) is 43.2 Å². The second-order valence-corrected chi connectivity index (χ2v) is 7.75. The number of pyridine rings is 1. The Balaban J connectivity index is 1.43. The molecule has 182 valence electrons. The van der Waals surface area contributed by atoms with E-state index in [1.54, 1.807) is 0 Å². The molecule has 1 aliphatic rings. The fourth-order valence-electron chi connectivity index (χ4n) is 3.29. The van der Waals surface area contributed by atoms with Crippen LogP contribution in [0, 0.1) is 5.82 Å². The molecule has 0 atom stereocenters. The number of hydrogen-bond acceptors (Lipinski definition) is 7. The van der Waals surface area contributed by atoms with E-state index in [1.165, 1.54) is 49.0 Å². The van der Waals surface area contributed by atoms with Crippen LogP contribution in [0.15, 0.2) is 55.2 Å². The summed E-state index contributed by atoms with van der Waals surface area (Å²) < 4.78 is 58.2. The minimum absolute atomic E-state index is 0.110. The average molecular weight is 490 g/mol. The number of likely N-dealkylation sites (N-methyl/N-ethyl adjacent to an activating group) is 1. The molecule has 0 unspecified atom stereocenters. The number of anilines is 3. The molecular weight excluding hydrogens is 472 g/mol. The number of hydrogen-bond donors (Lipinski definition) is 2. The van der Waals surface area contributed by atoms with Crippen molar-refractivity contribution in [1.29, 1.82) is 0 Å². The summed E-state index contributed by atoms with van der Waals surface area (Å²) in [6, 6.07) is 4.90. The van der Waals surface area contributed by atoms with Gasteiger partial charge >= 0.3 is 12.3 Å². The lowest BCUT2D eigenvalue weighted by atomic mass is 10.1. The number of alkyl halides is 3. The van der Waals surface area contributed by atoms with Gasteiger partial charge in [0.05, 0.1) is 35.5 Å². The summed E-state index contributed by atoms with van der Waals surface area (Å²) in [4.78, 5) is 38.0. The molecule has 0 aliphatic heterocycles. The molecule has 1 aliphatic carbocycles. The SMILES string of the molecule is CN(C(=O)C1(NC(=O)Oc2cncnc2)CC1)c1ccc(Nc2cc(F)ccc2C(F)(F)F)cn1. The van der Waals surface area contributed by atoms with E-state index < -0.39 is 40.8 Å². The van der Waals surface area contributed by atoms with E-state index in [-0.39, 0.29) is 17.3 Å². The normalized spacial score (nSPS) is 14.1. The summed E-state index contributed by atoms with van der Waals surface area (Å²) in [6.07, 6.45) is 0.306. The van der Waals surface area contributed by atoms with E-state index in [1.807, 2.05) is 0 Å². The van der Waals surface area contributed by atoms with Gasteiger partial charge in [-0.2, -0.15) is 13.2 Å². The van der Waals surface area contributed by atoms with Gasteiger partial charge < -0.3 is 15.4 Å². The van der Waals surface area contributed by atoms with Crippen LogP contribution in [-0.2, 0) is 11.0 Å². The van der Waals surface area contributed by atoms with Gasteiger partial charge in [0, 0.05) is 7.05 Å². The largest absolute Gasteiger partial charge is 0.418 e. The smallest absolute Gasteiger partial charge is 0.407 e. The average Bonchev–Trinajstić information content (AvgIpc) is 3.59. The number of carbonyl (C=O) groups is 2. The highest BCUT2D eigenvalue weighted by molar-refractivity contribution is 6.03. The van der Waals surface area contributed by atoms with E-state index >= 15 is 0 Å². The zero-order valence-electron chi connectivity index (χ0n) is 18.1. The Morgan fingerprint density at radius 2 is 1.80 bits per heavy atom. The van der Waals surface area contributed by atoms with Crippen molar-refractivity contribution in [2.75, 3.05) is 17.3 Å². The van der Waals surface area contributed by atoms with Gasteiger partial charge in [-0.15, -0.1) is 0 Å². The standard InChI is InChI=1S/C22H18F4N6O3/c1-32(19(33)21(6-7-21)31-20(34)35-15-10-27-12-28-11-15)18-5-3-14(9-29-18)30-17-8-13(23)2-4-16(17)22(24,25)26/h2-5,8-12,30H,6-7H2,1H3,(H,31,34). The van der Waals surface area contributed by atoms with Gasteiger partial charge in [-0.25, -0.2) is 24.1 Å². The predicted molar refractivity (Wildman–Crippen MR) is 115 cm³/mol. The van der Waals surface area contributed by atoms with Gasteiger partial charge in [-0.1, -0.05) is 0 Å². The second kappa shape index (κ2) is 9.16. The predicted octanol–water partition coefficient (Wildman–Crippen LogP) is 4.06. The van der Waals surface area contributed by atoms with Crippen molar-refractivity contribution in [2.24, 2.45) is 0 Å². The quantitative estimate of drug-likeness (QED) is 0.502. The van der Waals surface area contributed by atoms with E-state index in [9.17, 15) is 27.2 Å². The molecule has 9 nitrogen and oxygen atoms in total. The van der Waals surface area contributed by atoms with Gasteiger partial charge in [-0.3, -0.25) is 9.69 Å². The summed E-state index contributed by atoms with van der Waals surface area (Å²) in [5.74, 6) is -0.987. The van der Waals surface area contributed by atoms with Crippen molar-refractivity contribution in [3.8, 4) is 5.75 Å². The highest BCUT2D eigenvalue weighted by Crippen LogP contribution is 2.39. The van der Waals surface area contributed by atoms with Crippen molar-refractivity contribution in [3.05, 3.63) is 66.6 Å². The van der Waals surface area contributed by atoms with Crippen LogP contribution in [-0.4, -0.2) is 39.5 Å². The van der Waals surface area contributed by atoms with Crippen molar-refractivity contribution in [1.82, 2.24) is 20.3 Å². The monoisotopic (exact) mass is 490 g/mol. The second-order valence-electron chi connectivity index (χ2n) is 7.75. The summed E-state index contributed by atoms with van der Waals surface area (Å²) in [5.41, 5.74) is -2.52. The van der Waals surface area contributed by atoms with Gasteiger partial charge in [0.15, 0.2) is 5.75 Å². The molecule has 1 aromatic carbocycles.